The van der Waals surface area contributed by atoms with Gasteiger partial charge in [-0.25, -0.2) is 0 Å². The second-order valence-electron chi connectivity index (χ2n) is 4.29. The van der Waals surface area contributed by atoms with E-state index in [1.54, 1.807) is 0 Å². The molecule has 2 nitrogen and oxygen atoms in total. The number of anilines is 1. The molecule has 1 rings (SSSR count). The number of rotatable bonds is 5. The molecule has 0 fully saturated rings. The Balaban J connectivity index is 2.81. The van der Waals surface area contributed by atoms with E-state index in [1.807, 2.05) is 6.07 Å². The first-order valence-corrected chi connectivity index (χ1v) is 5.66. The molecule has 0 aliphatic heterocycles. The van der Waals surface area contributed by atoms with Crippen LogP contribution in [0, 0.1) is 0 Å². The summed E-state index contributed by atoms with van der Waals surface area (Å²) in [5, 5.41) is 0. The highest BCUT2D eigenvalue weighted by atomic mass is 15.0. The Labute approximate surface area is 93.1 Å². The zero-order valence-corrected chi connectivity index (χ0v) is 10.1. The number of hydrogen-bond acceptors (Lipinski definition) is 2. The Morgan fingerprint density at radius 2 is 1.93 bits per heavy atom. The van der Waals surface area contributed by atoms with Gasteiger partial charge >= 0.3 is 0 Å². The predicted octanol–water partition coefficient (Wildman–Crippen LogP) is 2.33. The zero-order valence-electron chi connectivity index (χ0n) is 10.1. The van der Waals surface area contributed by atoms with Gasteiger partial charge in [0.1, 0.15) is 0 Å². The minimum atomic E-state index is 0.947. The standard InChI is InChI=1S/C13H22N2/c1-4-6-11-7-5-8-13(14)12(11)9-10-15(2)3/h5,7-8H,4,6,9-10,14H2,1-3H3. The molecule has 15 heavy (non-hydrogen) atoms. The summed E-state index contributed by atoms with van der Waals surface area (Å²) in [4.78, 5) is 2.20. The third kappa shape index (κ3) is 3.56. The molecule has 0 amide bonds. The van der Waals surface area contributed by atoms with Gasteiger partial charge in [-0.1, -0.05) is 25.5 Å². The van der Waals surface area contributed by atoms with Crippen LogP contribution >= 0.6 is 0 Å². The molecule has 1 aromatic carbocycles. The van der Waals surface area contributed by atoms with Crippen LogP contribution in [-0.2, 0) is 12.8 Å². The molecule has 0 unspecified atom stereocenters. The summed E-state index contributed by atoms with van der Waals surface area (Å²) >= 11 is 0. The number of likely N-dealkylation sites (N-methyl/N-ethyl adjacent to an activating group) is 1. The van der Waals surface area contributed by atoms with Crippen LogP contribution < -0.4 is 5.73 Å². The summed E-state index contributed by atoms with van der Waals surface area (Å²) in [6.07, 6.45) is 3.36. The van der Waals surface area contributed by atoms with Gasteiger partial charge in [0.05, 0.1) is 0 Å². The average Bonchev–Trinajstić information content (AvgIpc) is 2.17. The molecule has 0 bridgehead atoms. The molecule has 0 radical (unpaired) electrons. The summed E-state index contributed by atoms with van der Waals surface area (Å²) in [6.45, 7) is 3.27. The van der Waals surface area contributed by atoms with Crippen molar-refractivity contribution in [2.45, 2.75) is 26.2 Å². The van der Waals surface area contributed by atoms with E-state index in [-0.39, 0.29) is 0 Å². The van der Waals surface area contributed by atoms with E-state index in [9.17, 15) is 0 Å². The molecule has 0 spiro atoms. The molecule has 1 aromatic rings. The lowest BCUT2D eigenvalue weighted by molar-refractivity contribution is 0.413. The van der Waals surface area contributed by atoms with E-state index in [1.165, 1.54) is 17.5 Å². The van der Waals surface area contributed by atoms with E-state index in [0.717, 1.165) is 25.1 Å². The van der Waals surface area contributed by atoms with Crippen LogP contribution in [-0.4, -0.2) is 25.5 Å². The Bertz CT molecular complexity index is 305. The van der Waals surface area contributed by atoms with Crippen LogP contribution in [0.1, 0.15) is 24.5 Å². The second kappa shape index (κ2) is 5.76. The first-order valence-electron chi connectivity index (χ1n) is 5.66. The topological polar surface area (TPSA) is 29.3 Å². The molecule has 0 saturated heterocycles. The van der Waals surface area contributed by atoms with E-state index >= 15 is 0 Å². The molecule has 84 valence electrons. The fraction of sp³-hybridized carbons (Fsp3) is 0.538. The Kier molecular flexibility index (Phi) is 4.63. The summed E-state index contributed by atoms with van der Waals surface area (Å²) in [6, 6.07) is 6.26. The SMILES string of the molecule is CCCc1cccc(N)c1CCN(C)C. The van der Waals surface area contributed by atoms with E-state index < -0.39 is 0 Å². The molecule has 0 atom stereocenters. The molecule has 0 aliphatic rings. The zero-order chi connectivity index (χ0) is 11.3. The molecular formula is C13H22N2. The van der Waals surface area contributed by atoms with Crippen molar-refractivity contribution in [2.24, 2.45) is 0 Å². The molecule has 0 heterocycles. The molecular weight excluding hydrogens is 184 g/mol. The van der Waals surface area contributed by atoms with E-state index in [4.69, 9.17) is 5.73 Å². The average molecular weight is 206 g/mol. The van der Waals surface area contributed by atoms with Crippen molar-refractivity contribution >= 4 is 5.69 Å². The third-order valence-electron chi connectivity index (χ3n) is 2.64. The molecule has 2 N–H and O–H groups in total. The molecule has 0 aromatic heterocycles. The number of nitrogens with two attached hydrogens (primary N) is 1. The van der Waals surface area contributed by atoms with Crippen molar-refractivity contribution in [2.75, 3.05) is 26.4 Å². The van der Waals surface area contributed by atoms with Gasteiger partial charge in [-0.05, 0) is 44.1 Å². The second-order valence-corrected chi connectivity index (χ2v) is 4.29. The predicted molar refractivity (Wildman–Crippen MR) is 67.1 cm³/mol. The third-order valence-corrected chi connectivity index (χ3v) is 2.64. The number of hydrogen-bond donors (Lipinski definition) is 1. The quantitative estimate of drug-likeness (QED) is 0.749. The largest absolute Gasteiger partial charge is 0.398 e. The van der Waals surface area contributed by atoms with Crippen LogP contribution in [0.2, 0.25) is 0 Å². The Morgan fingerprint density at radius 1 is 1.20 bits per heavy atom. The summed E-state index contributed by atoms with van der Waals surface area (Å²) in [7, 11) is 4.19. The van der Waals surface area contributed by atoms with Crippen molar-refractivity contribution in [1.82, 2.24) is 4.90 Å². The minimum absolute atomic E-state index is 0.947. The van der Waals surface area contributed by atoms with Gasteiger partial charge in [-0.15, -0.1) is 0 Å². The smallest absolute Gasteiger partial charge is 0.0349 e. The van der Waals surface area contributed by atoms with Gasteiger partial charge in [0.25, 0.3) is 0 Å². The molecule has 2 heteroatoms. The maximum absolute atomic E-state index is 6.02. The van der Waals surface area contributed by atoms with E-state index in [0.29, 0.717) is 0 Å². The lowest BCUT2D eigenvalue weighted by atomic mass is 9.99. The van der Waals surface area contributed by atoms with Gasteiger partial charge in [-0.2, -0.15) is 0 Å². The lowest BCUT2D eigenvalue weighted by Gasteiger charge is -2.14. The minimum Gasteiger partial charge on any atom is -0.398 e. The van der Waals surface area contributed by atoms with Crippen molar-refractivity contribution in [1.29, 1.82) is 0 Å². The summed E-state index contributed by atoms with van der Waals surface area (Å²) < 4.78 is 0. The maximum atomic E-state index is 6.02. The van der Waals surface area contributed by atoms with Gasteiger partial charge in [0.2, 0.25) is 0 Å². The first kappa shape index (κ1) is 12.1. The van der Waals surface area contributed by atoms with Crippen molar-refractivity contribution in [3.05, 3.63) is 29.3 Å². The Morgan fingerprint density at radius 3 is 2.53 bits per heavy atom. The van der Waals surface area contributed by atoms with Gasteiger partial charge in [0.15, 0.2) is 0 Å². The highest BCUT2D eigenvalue weighted by Crippen LogP contribution is 2.19. The van der Waals surface area contributed by atoms with Gasteiger partial charge < -0.3 is 10.6 Å². The van der Waals surface area contributed by atoms with Crippen molar-refractivity contribution < 1.29 is 0 Å². The number of nitrogen functional groups attached to an aromatic ring is 1. The molecule has 0 aliphatic carbocycles. The number of aryl methyl sites for hydroxylation is 1. The van der Waals surface area contributed by atoms with Crippen LogP contribution in [0.3, 0.4) is 0 Å². The number of benzene rings is 1. The van der Waals surface area contributed by atoms with Crippen LogP contribution in [0.15, 0.2) is 18.2 Å². The summed E-state index contributed by atoms with van der Waals surface area (Å²) in [5.41, 5.74) is 9.72. The Hall–Kier alpha value is -1.02. The van der Waals surface area contributed by atoms with Crippen LogP contribution in [0.5, 0.6) is 0 Å². The van der Waals surface area contributed by atoms with Crippen molar-refractivity contribution in [3.63, 3.8) is 0 Å². The van der Waals surface area contributed by atoms with Gasteiger partial charge in [-0.3, -0.25) is 0 Å². The highest BCUT2D eigenvalue weighted by molar-refractivity contribution is 5.51. The fourth-order valence-electron chi connectivity index (χ4n) is 1.80. The lowest BCUT2D eigenvalue weighted by Crippen LogP contribution is -2.16. The normalized spacial score (nSPS) is 10.9. The first-order chi connectivity index (χ1) is 7.15. The van der Waals surface area contributed by atoms with Crippen molar-refractivity contribution in [3.8, 4) is 0 Å². The highest BCUT2D eigenvalue weighted by Gasteiger charge is 2.05. The van der Waals surface area contributed by atoms with Gasteiger partial charge in [0, 0.05) is 12.2 Å². The monoisotopic (exact) mass is 206 g/mol. The molecule has 0 saturated carbocycles. The maximum Gasteiger partial charge on any atom is 0.0349 e. The number of nitrogens with zero attached hydrogens (tertiary/aromatic N) is 1. The van der Waals surface area contributed by atoms with E-state index in [2.05, 4.69) is 38.1 Å². The van der Waals surface area contributed by atoms with Crippen LogP contribution in [0.25, 0.3) is 0 Å². The summed E-state index contributed by atoms with van der Waals surface area (Å²) in [5.74, 6) is 0. The fourth-order valence-corrected chi connectivity index (χ4v) is 1.80. The van der Waals surface area contributed by atoms with Crippen LogP contribution in [0.4, 0.5) is 5.69 Å².